The zero-order valence-corrected chi connectivity index (χ0v) is 9.74. The van der Waals surface area contributed by atoms with Crippen LogP contribution in [-0.2, 0) is 11.2 Å². The van der Waals surface area contributed by atoms with Gasteiger partial charge in [0.25, 0.3) is 0 Å². The first kappa shape index (κ1) is 11.2. The van der Waals surface area contributed by atoms with E-state index in [1.54, 1.807) is 6.26 Å². The van der Waals surface area contributed by atoms with Crippen LogP contribution in [0.2, 0.25) is 0 Å². The second-order valence-electron chi connectivity index (χ2n) is 3.97. The fraction of sp³-hybridized carbons (Fsp3) is 0.429. The molecule has 1 heterocycles. The highest BCUT2D eigenvalue weighted by molar-refractivity contribution is 5.80. The molecule has 16 heavy (non-hydrogen) atoms. The molecule has 0 bridgehead atoms. The molecule has 0 atom stereocenters. The van der Waals surface area contributed by atoms with E-state index in [1.807, 2.05) is 18.2 Å². The number of furan rings is 1. The SMILES string of the molecule is CCCOCCCc1cccc2occc12. The zero-order chi connectivity index (χ0) is 11.2. The van der Waals surface area contributed by atoms with E-state index in [0.717, 1.165) is 38.1 Å². The Morgan fingerprint density at radius 2 is 2.12 bits per heavy atom. The summed E-state index contributed by atoms with van der Waals surface area (Å²) in [6.45, 7) is 3.85. The van der Waals surface area contributed by atoms with Crippen LogP contribution >= 0.6 is 0 Å². The lowest BCUT2D eigenvalue weighted by molar-refractivity contribution is 0.132. The van der Waals surface area contributed by atoms with Gasteiger partial charge in [0.1, 0.15) is 5.58 Å². The molecule has 0 aliphatic heterocycles. The molecule has 2 aromatic rings. The molecule has 86 valence electrons. The van der Waals surface area contributed by atoms with Gasteiger partial charge in [-0.05, 0) is 37.0 Å². The molecule has 1 aromatic carbocycles. The lowest BCUT2D eigenvalue weighted by atomic mass is 10.1. The van der Waals surface area contributed by atoms with Crippen LogP contribution in [-0.4, -0.2) is 13.2 Å². The summed E-state index contributed by atoms with van der Waals surface area (Å²) < 4.78 is 10.8. The van der Waals surface area contributed by atoms with Gasteiger partial charge in [-0.3, -0.25) is 0 Å². The third-order valence-corrected chi connectivity index (χ3v) is 2.67. The minimum atomic E-state index is 0.849. The van der Waals surface area contributed by atoms with E-state index in [1.165, 1.54) is 10.9 Å². The van der Waals surface area contributed by atoms with E-state index in [9.17, 15) is 0 Å². The van der Waals surface area contributed by atoms with Crippen molar-refractivity contribution in [1.29, 1.82) is 0 Å². The van der Waals surface area contributed by atoms with Crippen LogP contribution in [0.15, 0.2) is 34.9 Å². The van der Waals surface area contributed by atoms with E-state index < -0.39 is 0 Å². The van der Waals surface area contributed by atoms with Crippen molar-refractivity contribution in [2.45, 2.75) is 26.2 Å². The third-order valence-electron chi connectivity index (χ3n) is 2.67. The predicted molar refractivity (Wildman–Crippen MR) is 65.6 cm³/mol. The second kappa shape index (κ2) is 5.71. The second-order valence-corrected chi connectivity index (χ2v) is 3.97. The first-order valence-electron chi connectivity index (χ1n) is 5.94. The van der Waals surface area contributed by atoms with Gasteiger partial charge in [-0.1, -0.05) is 19.1 Å². The first-order valence-corrected chi connectivity index (χ1v) is 5.94. The van der Waals surface area contributed by atoms with Crippen molar-refractivity contribution in [1.82, 2.24) is 0 Å². The largest absolute Gasteiger partial charge is 0.464 e. The topological polar surface area (TPSA) is 22.4 Å². The molecule has 0 radical (unpaired) electrons. The molecule has 2 heteroatoms. The van der Waals surface area contributed by atoms with Gasteiger partial charge in [0, 0.05) is 18.6 Å². The van der Waals surface area contributed by atoms with Crippen molar-refractivity contribution in [2.75, 3.05) is 13.2 Å². The minimum absolute atomic E-state index is 0.849. The van der Waals surface area contributed by atoms with Crippen molar-refractivity contribution in [3.63, 3.8) is 0 Å². The van der Waals surface area contributed by atoms with Gasteiger partial charge in [0.15, 0.2) is 0 Å². The van der Waals surface area contributed by atoms with E-state index in [4.69, 9.17) is 9.15 Å². The molecule has 0 saturated carbocycles. The standard InChI is InChI=1S/C14H18O2/c1-2-9-15-10-4-6-12-5-3-7-14-13(12)8-11-16-14/h3,5,7-8,11H,2,4,6,9-10H2,1H3. The van der Waals surface area contributed by atoms with Gasteiger partial charge in [-0.15, -0.1) is 0 Å². The molecule has 0 N–H and O–H groups in total. The molecule has 0 aliphatic rings. The summed E-state index contributed by atoms with van der Waals surface area (Å²) in [6.07, 6.45) is 4.98. The van der Waals surface area contributed by atoms with Crippen molar-refractivity contribution in [2.24, 2.45) is 0 Å². The number of hydrogen-bond donors (Lipinski definition) is 0. The average Bonchev–Trinajstić information content (AvgIpc) is 2.77. The van der Waals surface area contributed by atoms with Crippen LogP contribution in [0.25, 0.3) is 11.0 Å². The van der Waals surface area contributed by atoms with E-state index in [0.29, 0.717) is 0 Å². The summed E-state index contributed by atoms with van der Waals surface area (Å²) in [5, 5.41) is 1.23. The Morgan fingerprint density at radius 1 is 1.19 bits per heavy atom. The molecule has 0 unspecified atom stereocenters. The Morgan fingerprint density at radius 3 is 3.00 bits per heavy atom. The van der Waals surface area contributed by atoms with E-state index in [2.05, 4.69) is 13.0 Å². The Balaban J connectivity index is 1.91. The summed E-state index contributed by atoms with van der Waals surface area (Å²) in [5.41, 5.74) is 2.33. The van der Waals surface area contributed by atoms with Crippen LogP contribution < -0.4 is 0 Å². The Labute approximate surface area is 96.2 Å². The van der Waals surface area contributed by atoms with Crippen LogP contribution in [0.3, 0.4) is 0 Å². The number of ether oxygens (including phenoxy) is 1. The fourth-order valence-corrected chi connectivity index (χ4v) is 1.89. The number of benzene rings is 1. The van der Waals surface area contributed by atoms with E-state index in [-0.39, 0.29) is 0 Å². The lowest BCUT2D eigenvalue weighted by Crippen LogP contribution is -1.97. The molecule has 0 saturated heterocycles. The zero-order valence-electron chi connectivity index (χ0n) is 9.74. The van der Waals surface area contributed by atoms with E-state index >= 15 is 0 Å². The molecular weight excluding hydrogens is 200 g/mol. The average molecular weight is 218 g/mol. The molecule has 0 spiro atoms. The summed E-state index contributed by atoms with van der Waals surface area (Å²) in [7, 11) is 0. The smallest absolute Gasteiger partial charge is 0.134 e. The summed E-state index contributed by atoms with van der Waals surface area (Å²) in [5.74, 6) is 0. The highest BCUT2D eigenvalue weighted by Crippen LogP contribution is 2.20. The molecular formula is C14H18O2. The van der Waals surface area contributed by atoms with Crippen molar-refractivity contribution < 1.29 is 9.15 Å². The monoisotopic (exact) mass is 218 g/mol. The van der Waals surface area contributed by atoms with Gasteiger partial charge in [0.2, 0.25) is 0 Å². The Kier molecular flexibility index (Phi) is 4.00. The summed E-state index contributed by atoms with van der Waals surface area (Å²) in [6, 6.07) is 8.26. The maximum absolute atomic E-state index is 5.47. The van der Waals surface area contributed by atoms with Crippen LogP contribution in [0.5, 0.6) is 0 Å². The predicted octanol–water partition coefficient (Wildman–Crippen LogP) is 3.79. The maximum Gasteiger partial charge on any atom is 0.134 e. The van der Waals surface area contributed by atoms with Gasteiger partial charge in [0.05, 0.1) is 6.26 Å². The number of hydrogen-bond acceptors (Lipinski definition) is 2. The molecule has 0 aliphatic carbocycles. The Bertz CT molecular complexity index is 431. The van der Waals surface area contributed by atoms with Crippen molar-refractivity contribution in [3.05, 3.63) is 36.1 Å². The highest BCUT2D eigenvalue weighted by atomic mass is 16.5. The van der Waals surface area contributed by atoms with Crippen molar-refractivity contribution >= 4 is 11.0 Å². The van der Waals surface area contributed by atoms with Crippen LogP contribution in [0.4, 0.5) is 0 Å². The number of aryl methyl sites for hydroxylation is 1. The highest BCUT2D eigenvalue weighted by Gasteiger charge is 2.02. The third kappa shape index (κ3) is 2.64. The molecule has 1 aromatic heterocycles. The summed E-state index contributed by atoms with van der Waals surface area (Å²) >= 11 is 0. The van der Waals surface area contributed by atoms with Crippen molar-refractivity contribution in [3.8, 4) is 0 Å². The molecule has 0 fully saturated rings. The van der Waals surface area contributed by atoms with Gasteiger partial charge in [-0.2, -0.15) is 0 Å². The van der Waals surface area contributed by atoms with Crippen LogP contribution in [0.1, 0.15) is 25.3 Å². The van der Waals surface area contributed by atoms with Crippen LogP contribution in [0, 0.1) is 0 Å². The molecule has 2 nitrogen and oxygen atoms in total. The number of fused-ring (bicyclic) bond motifs is 1. The first-order chi connectivity index (χ1) is 7.92. The van der Waals surface area contributed by atoms with Gasteiger partial charge in [-0.25, -0.2) is 0 Å². The molecule has 2 rings (SSSR count). The Hall–Kier alpha value is -1.28. The quantitative estimate of drug-likeness (QED) is 0.688. The minimum Gasteiger partial charge on any atom is -0.464 e. The fourth-order valence-electron chi connectivity index (χ4n) is 1.89. The lowest BCUT2D eigenvalue weighted by Gasteiger charge is -2.03. The summed E-state index contributed by atoms with van der Waals surface area (Å²) in [4.78, 5) is 0. The number of rotatable bonds is 6. The normalized spacial score (nSPS) is 11.1. The maximum atomic E-state index is 5.47. The molecule has 0 amide bonds. The van der Waals surface area contributed by atoms with Gasteiger partial charge < -0.3 is 9.15 Å². The van der Waals surface area contributed by atoms with Gasteiger partial charge >= 0.3 is 0 Å².